The van der Waals surface area contributed by atoms with Crippen LogP contribution in [0, 0.1) is 0 Å². The molecule has 2 aromatic heterocycles. The summed E-state index contributed by atoms with van der Waals surface area (Å²) < 4.78 is 12.4. The van der Waals surface area contributed by atoms with Gasteiger partial charge < -0.3 is 35.6 Å². The minimum Gasteiger partial charge on any atom is -0.445 e. The zero-order valence-corrected chi connectivity index (χ0v) is 21.6. The van der Waals surface area contributed by atoms with E-state index in [0.29, 0.717) is 30.8 Å². The van der Waals surface area contributed by atoms with E-state index in [1.54, 1.807) is 0 Å². The first kappa shape index (κ1) is 26.7. The molecule has 1 aromatic carbocycles. The van der Waals surface area contributed by atoms with Crippen LogP contribution < -0.4 is 11.1 Å². The Kier molecular flexibility index (Phi) is 7.64. The average Bonchev–Trinajstić information content (AvgIpc) is 3.41. The van der Waals surface area contributed by atoms with E-state index in [2.05, 4.69) is 41.0 Å². The summed E-state index contributed by atoms with van der Waals surface area (Å²) in [4.78, 5) is 26.2. The van der Waals surface area contributed by atoms with Crippen LogP contribution in [0.1, 0.15) is 31.9 Å². The molecule has 1 aliphatic rings. The molecule has 1 aliphatic heterocycles. The van der Waals surface area contributed by atoms with Gasteiger partial charge in [0, 0.05) is 19.6 Å². The van der Waals surface area contributed by atoms with Gasteiger partial charge in [-0.1, -0.05) is 45.0 Å². The van der Waals surface area contributed by atoms with Crippen molar-refractivity contribution in [1.82, 2.24) is 29.7 Å². The molecule has 3 aromatic rings. The lowest BCUT2D eigenvalue weighted by molar-refractivity contribution is -0.108. The molecule has 0 aliphatic carbocycles. The fraction of sp³-hybridized carbons (Fsp3) is 0.520. The number of nitrogens with zero attached hydrogens (tertiary/aromatic N) is 5. The van der Waals surface area contributed by atoms with Crippen molar-refractivity contribution in [1.29, 1.82) is 0 Å². The molecule has 200 valence electrons. The fourth-order valence-corrected chi connectivity index (χ4v) is 4.25. The zero-order chi connectivity index (χ0) is 26.8. The summed E-state index contributed by atoms with van der Waals surface area (Å²) in [5.74, 6) is 0.182. The molecule has 0 spiro atoms. The normalized spacial score (nSPS) is 22.0. The maximum atomic E-state index is 12.1. The number of carbonyl (C=O) groups excluding carboxylic acids is 1. The lowest BCUT2D eigenvalue weighted by Gasteiger charge is -2.29. The molecular weight excluding hydrogens is 478 g/mol. The quantitative estimate of drug-likeness (QED) is 0.342. The number of anilines is 1. The van der Waals surface area contributed by atoms with Gasteiger partial charge in [-0.25, -0.2) is 19.7 Å². The van der Waals surface area contributed by atoms with Gasteiger partial charge in [0.05, 0.1) is 12.9 Å². The minimum atomic E-state index is -1.76. The number of likely N-dealkylation sites (N-methyl/N-ethyl adjacent to an activating group) is 1. The highest BCUT2D eigenvalue weighted by atomic mass is 16.6. The van der Waals surface area contributed by atoms with Gasteiger partial charge in [-0.05, 0) is 23.6 Å². The molecule has 4 rings (SSSR count). The molecule has 3 unspecified atom stereocenters. The second-order valence-electron chi connectivity index (χ2n) is 10.4. The molecule has 1 fully saturated rings. The van der Waals surface area contributed by atoms with Crippen molar-refractivity contribution < 1.29 is 24.5 Å². The third kappa shape index (κ3) is 5.82. The van der Waals surface area contributed by atoms with Crippen LogP contribution in [0.4, 0.5) is 10.6 Å². The van der Waals surface area contributed by atoms with Crippen molar-refractivity contribution in [2.24, 2.45) is 0 Å². The van der Waals surface area contributed by atoms with Gasteiger partial charge in [0.15, 0.2) is 17.2 Å². The molecule has 1 saturated heterocycles. The van der Waals surface area contributed by atoms with Crippen LogP contribution >= 0.6 is 0 Å². The van der Waals surface area contributed by atoms with Crippen molar-refractivity contribution in [3.63, 3.8) is 0 Å². The van der Waals surface area contributed by atoms with Gasteiger partial charge in [-0.2, -0.15) is 0 Å². The van der Waals surface area contributed by atoms with E-state index in [-0.39, 0.29) is 24.4 Å². The summed E-state index contributed by atoms with van der Waals surface area (Å²) in [5.41, 5.74) is 6.92. The van der Waals surface area contributed by atoms with Gasteiger partial charge >= 0.3 is 6.09 Å². The van der Waals surface area contributed by atoms with Gasteiger partial charge in [0.25, 0.3) is 0 Å². The summed E-state index contributed by atoms with van der Waals surface area (Å²) in [6.07, 6.45) is 0.213. The number of hydrogen-bond donors (Lipinski definition) is 4. The Hall–Kier alpha value is -3.32. The van der Waals surface area contributed by atoms with Crippen molar-refractivity contribution in [3.05, 3.63) is 48.0 Å². The number of hydrogen-bond acceptors (Lipinski definition) is 10. The Morgan fingerprint density at radius 2 is 2.03 bits per heavy atom. The van der Waals surface area contributed by atoms with Crippen molar-refractivity contribution >= 4 is 23.1 Å². The second-order valence-corrected chi connectivity index (χ2v) is 10.4. The molecule has 12 heteroatoms. The highest BCUT2D eigenvalue weighted by Gasteiger charge is 2.50. The van der Waals surface area contributed by atoms with Gasteiger partial charge in [0.1, 0.15) is 30.7 Å². The Morgan fingerprint density at radius 1 is 1.30 bits per heavy atom. The number of imidazole rings is 1. The lowest BCUT2D eigenvalue weighted by atomic mass is 9.87. The van der Waals surface area contributed by atoms with E-state index in [4.69, 9.17) is 15.2 Å². The molecule has 0 radical (unpaired) electrons. The van der Waals surface area contributed by atoms with Crippen LogP contribution in [0.5, 0.6) is 0 Å². The van der Waals surface area contributed by atoms with E-state index in [9.17, 15) is 15.0 Å². The van der Waals surface area contributed by atoms with E-state index in [1.165, 1.54) is 22.8 Å². The van der Waals surface area contributed by atoms with Crippen LogP contribution in [-0.2, 0) is 27.2 Å². The van der Waals surface area contributed by atoms with Gasteiger partial charge in [0.2, 0.25) is 0 Å². The van der Waals surface area contributed by atoms with Crippen molar-refractivity contribution in [2.75, 3.05) is 39.0 Å². The van der Waals surface area contributed by atoms with Crippen LogP contribution in [0.25, 0.3) is 11.2 Å². The second kappa shape index (κ2) is 10.6. The number of nitrogen functional groups attached to an aromatic ring is 1. The fourth-order valence-electron chi connectivity index (χ4n) is 4.25. The number of amides is 1. The summed E-state index contributed by atoms with van der Waals surface area (Å²) in [6.45, 7) is 7.63. The Bertz CT molecular complexity index is 1230. The van der Waals surface area contributed by atoms with E-state index >= 15 is 0 Å². The standard InChI is InChI=1S/C25H35N7O5/c1-24(2,3)17-7-5-16(6-8-17)12-36-23(34)27-9-10-31(4)11-18-20(33)25(35,13-37-18)32-15-30-19-21(26)28-14-29-22(19)32/h5-8,14-15,18,20,33,35H,9-13H2,1-4H3,(H,27,34)(H2,26,28,29). The molecule has 3 atom stereocenters. The van der Waals surface area contributed by atoms with Crippen LogP contribution in [0.2, 0.25) is 0 Å². The third-order valence-corrected chi connectivity index (χ3v) is 6.56. The van der Waals surface area contributed by atoms with Crippen molar-refractivity contribution in [2.45, 2.75) is 50.7 Å². The number of carbonyl (C=O) groups is 1. The molecule has 1 amide bonds. The zero-order valence-electron chi connectivity index (χ0n) is 21.6. The number of aliphatic hydroxyl groups is 2. The highest BCUT2D eigenvalue weighted by Crippen LogP contribution is 2.32. The number of benzene rings is 1. The largest absolute Gasteiger partial charge is 0.445 e. The minimum absolute atomic E-state index is 0.0678. The first-order chi connectivity index (χ1) is 17.5. The molecule has 0 bridgehead atoms. The number of rotatable bonds is 8. The average molecular weight is 514 g/mol. The monoisotopic (exact) mass is 513 g/mol. The number of nitrogens with two attached hydrogens (primary N) is 1. The Morgan fingerprint density at radius 3 is 2.73 bits per heavy atom. The number of aromatic nitrogens is 4. The Labute approximate surface area is 215 Å². The number of aliphatic hydroxyl groups excluding tert-OH is 1. The topological polar surface area (TPSA) is 161 Å². The van der Waals surface area contributed by atoms with Crippen LogP contribution in [0.3, 0.4) is 0 Å². The predicted molar refractivity (Wildman–Crippen MR) is 137 cm³/mol. The number of fused-ring (bicyclic) bond motifs is 1. The number of nitrogens with one attached hydrogen (secondary N) is 1. The highest BCUT2D eigenvalue weighted by molar-refractivity contribution is 5.81. The van der Waals surface area contributed by atoms with Crippen molar-refractivity contribution in [3.8, 4) is 0 Å². The molecule has 5 N–H and O–H groups in total. The van der Waals surface area contributed by atoms with E-state index < -0.39 is 24.0 Å². The van der Waals surface area contributed by atoms with Crippen LogP contribution in [0.15, 0.2) is 36.9 Å². The first-order valence-corrected chi connectivity index (χ1v) is 12.1. The maximum absolute atomic E-state index is 12.1. The summed E-state index contributed by atoms with van der Waals surface area (Å²) in [5, 5.41) is 24.8. The van der Waals surface area contributed by atoms with E-state index in [1.807, 2.05) is 36.2 Å². The maximum Gasteiger partial charge on any atom is 0.407 e. The van der Waals surface area contributed by atoms with E-state index in [0.717, 1.165) is 5.56 Å². The number of alkyl carbamates (subject to hydrolysis) is 1. The molecule has 12 nitrogen and oxygen atoms in total. The molecule has 3 heterocycles. The summed E-state index contributed by atoms with van der Waals surface area (Å²) in [7, 11) is 1.83. The molecule has 37 heavy (non-hydrogen) atoms. The molecule has 0 saturated carbocycles. The van der Waals surface area contributed by atoms with Crippen LogP contribution in [-0.4, -0.2) is 86.2 Å². The van der Waals surface area contributed by atoms with Gasteiger partial charge in [-0.3, -0.25) is 4.57 Å². The Balaban J connectivity index is 1.22. The molecular formula is C25H35N7O5. The predicted octanol–water partition coefficient (Wildman–Crippen LogP) is 0.969. The third-order valence-electron chi connectivity index (χ3n) is 6.56. The summed E-state index contributed by atoms with van der Waals surface area (Å²) in [6, 6.07) is 8.02. The SMILES string of the molecule is CN(CCNC(=O)OCc1ccc(C(C)(C)C)cc1)CC1OCC(O)(n2cnc3c(N)ncnc32)C1O. The number of ether oxygens (including phenoxy) is 2. The van der Waals surface area contributed by atoms with Gasteiger partial charge in [-0.15, -0.1) is 0 Å². The smallest absolute Gasteiger partial charge is 0.407 e. The summed E-state index contributed by atoms with van der Waals surface area (Å²) >= 11 is 0. The lowest BCUT2D eigenvalue weighted by Crippen LogP contribution is -2.48. The first-order valence-electron chi connectivity index (χ1n) is 12.1.